The lowest BCUT2D eigenvalue weighted by Crippen LogP contribution is -2.39. The van der Waals surface area contributed by atoms with Crippen molar-refractivity contribution in [2.75, 3.05) is 13.1 Å². The van der Waals surface area contributed by atoms with Gasteiger partial charge in [-0.3, -0.25) is 4.79 Å². The number of piperidine rings is 1. The second kappa shape index (κ2) is 6.65. The van der Waals surface area contributed by atoms with E-state index in [9.17, 15) is 4.79 Å². The van der Waals surface area contributed by atoms with Crippen molar-refractivity contribution < 1.29 is 9.21 Å². The molecule has 1 aliphatic rings. The number of likely N-dealkylation sites (tertiary alicyclic amines) is 1. The molecule has 0 N–H and O–H groups in total. The molecule has 3 aromatic rings. The fourth-order valence-electron chi connectivity index (χ4n) is 3.18. The van der Waals surface area contributed by atoms with Crippen LogP contribution in [0.3, 0.4) is 0 Å². The molecule has 3 aromatic heterocycles. The molecule has 1 amide bonds. The maximum Gasteiger partial charge on any atom is 0.228 e. The Kier molecular flexibility index (Phi) is 4.21. The number of hydrogen-bond acceptors (Lipinski definition) is 4. The quantitative estimate of drug-likeness (QED) is 0.728. The van der Waals surface area contributed by atoms with Crippen LogP contribution in [0.15, 0.2) is 52.9 Å². The molecular weight excluding hydrogens is 322 g/mol. The van der Waals surface area contributed by atoms with Gasteiger partial charge in [-0.25, -0.2) is 4.98 Å². The molecule has 0 aliphatic carbocycles. The number of nitrogens with zero attached hydrogens (tertiary/aromatic N) is 3. The molecule has 0 unspecified atom stereocenters. The van der Waals surface area contributed by atoms with E-state index in [1.807, 2.05) is 16.3 Å². The lowest BCUT2D eigenvalue weighted by atomic mass is 10.0. The molecule has 0 radical (unpaired) electrons. The van der Waals surface area contributed by atoms with Crippen LogP contribution in [0.25, 0.3) is 10.6 Å². The van der Waals surface area contributed by atoms with Crippen LogP contribution < -0.4 is 0 Å². The maximum absolute atomic E-state index is 12.5. The van der Waals surface area contributed by atoms with E-state index in [0.29, 0.717) is 12.5 Å². The summed E-state index contributed by atoms with van der Waals surface area (Å²) in [5.74, 6) is 0.171. The fraction of sp³-hybridized carbons (Fsp3) is 0.333. The lowest BCUT2D eigenvalue weighted by Gasteiger charge is -2.32. The topological polar surface area (TPSA) is 51.3 Å². The third-order valence-corrected chi connectivity index (χ3v) is 5.46. The minimum atomic E-state index is 0.171. The van der Waals surface area contributed by atoms with Crippen molar-refractivity contribution in [3.05, 3.63) is 54.2 Å². The molecule has 1 aliphatic heterocycles. The second-order valence-corrected chi connectivity index (χ2v) is 6.93. The van der Waals surface area contributed by atoms with Gasteiger partial charge in [-0.05, 0) is 31.0 Å². The van der Waals surface area contributed by atoms with Crippen molar-refractivity contribution in [1.29, 1.82) is 0 Å². The Bertz CT molecular complexity index is 784. The van der Waals surface area contributed by atoms with Crippen molar-refractivity contribution in [3.8, 4) is 10.6 Å². The first-order valence-electron chi connectivity index (χ1n) is 8.17. The molecular formula is C18H19N3O2S. The summed E-state index contributed by atoms with van der Waals surface area (Å²) in [5.41, 5.74) is 1.81. The van der Waals surface area contributed by atoms with Gasteiger partial charge < -0.3 is 13.9 Å². The van der Waals surface area contributed by atoms with Crippen LogP contribution in [-0.4, -0.2) is 33.4 Å². The zero-order chi connectivity index (χ0) is 16.4. The predicted molar refractivity (Wildman–Crippen MR) is 92.8 cm³/mol. The van der Waals surface area contributed by atoms with Crippen molar-refractivity contribution >= 4 is 17.2 Å². The van der Waals surface area contributed by atoms with Crippen molar-refractivity contribution in [2.45, 2.75) is 25.3 Å². The van der Waals surface area contributed by atoms with Gasteiger partial charge >= 0.3 is 0 Å². The number of amides is 1. The predicted octanol–water partition coefficient (Wildman–Crippen LogP) is 3.61. The summed E-state index contributed by atoms with van der Waals surface area (Å²) < 4.78 is 7.33. The van der Waals surface area contributed by atoms with E-state index >= 15 is 0 Å². The molecule has 24 heavy (non-hydrogen) atoms. The zero-order valence-electron chi connectivity index (χ0n) is 13.3. The van der Waals surface area contributed by atoms with Crippen LogP contribution in [0.2, 0.25) is 0 Å². The Hall–Kier alpha value is -2.34. The number of carbonyl (C=O) groups is 1. The molecule has 4 heterocycles. The number of hydrogen-bond donors (Lipinski definition) is 0. The number of thiazole rings is 1. The lowest BCUT2D eigenvalue weighted by molar-refractivity contribution is -0.131. The largest absolute Gasteiger partial charge is 0.472 e. The van der Waals surface area contributed by atoms with Gasteiger partial charge in [0.2, 0.25) is 5.91 Å². The summed E-state index contributed by atoms with van der Waals surface area (Å²) in [6.45, 7) is 1.64. The smallest absolute Gasteiger partial charge is 0.228 e. The van der Waals surface area contributed by atoms with Gasteiger partial charge in [-0.15, -0.1) is 11.3 Å². The van der Waals surface area contributed by atoms with Crippen LogP contribution in [-0.2, 0) is 11.2 Å². The van der Waals surface area contributed by atoms with Gasteiger partial charge in [0.1, 0.15) is 11.3 Å². The molecule has 0 saturated carbocycles. The van der Waals surface area contributed by atoms with E-state index in [0.717, 1.165) is 42.2 Å². The SMILES string of the molecule is O=C(Cc1csc(-c2ccoc2)n1)N1CCC(n2cccc2)CC1. The van der Waals surface area contributed by atoms with E-state index < -0.39 is 0 Å². The van der Waals surface area contributed by atoms with E-state index in [4.69, 9.17) is 4.42 Å². The van der Waals surface area contributed by atoms with Gasteiger partial charge in [0.05, 0.1) is 18.4 Å². The van der Waals surface area contributed by atoms with Crippen molar-refractivity contribution in [3.63, 3.8) is 0 Å². The summed E-state index contributed by atoms with van der Waals surface area (Å²) in [4.78, 5) is 19.0. The summed E-state index contributed by atoms with van der Waals surface area (Å²) >= 11 is 1.55. The molecule has 124 valence electrons. The third-order valence-electron chi connectivity index (χ3n) is 4.52. The molecule has 0 spiro atoms. The Morgan fingerprint density at radius 1 is 1.29 bits per heavy atom. The highest BCUT2D eigenvalue weighted by Gasteiger charge is 2.24. The average molecular weight is 341 g/mol. The highest BCUT2D eigenvalue weighted by Crippen LogP contribution is 2.25. The van der Waals surface area contributed by atoms with Crippen LogP contribution in [0.4, 0.5) is 0 Å². The standard InChI is InChI=1S/C18H19N3O2S/c22-17(11-15-13-24-18(19-15)14-5-10-23-12-14)21-8-3-16(4-9-21)20-6-1-2-7-20/h1-2,5-7,10,12-13,16H,3-4,8-9,11H2. The number of furan rings is 1. The van der Waals surface area contributed by atoms with E-state index in [-0.39, 0.29) is 5.91 Å². The molecule has 1 fully saturated rings. The van der Waals surface area contributed by atoms with Gasteiger partial charge in [0.25, 0.3) is 0 Å². The summed E-state index contributed by atoms with van der Waals surface area (Å²) in [6.07, 6.45) is 9.93. The van der Waals surface area contributed by atoms with Gasteiger partial charge in [0.15, 0.2) is 0 Å². The Balaban J connectivity index is 1.34. The Labute approximate surface area is 144 Å². The molecule has 1 saturated heterocycles. The average Bonchev–Trinajstić information content (AvgIpc) is 3.36. The number of rotatable bonds is 4. The molecule has 6 heteroatoms. The molecule has 0 bridgehead atoms. The number of carbonyl (C=O) groups excluding carboxylic acids is 1. The van der Waals surface area contributed by atoms with Crippen molar-refractivity contribution in [2.24, 2.45) is 0 Å². The van der Waals surface area contributed by atoms with Gasteiger partial charge in [-0.2, -0.15) is 0 Å². The molecule has 4 rings (SSSR count). The van der Waals surface area contributed by atoms with Gasteiger partial charge in [0, 0.05) is 42.5 Å². The van der Waals surface area contributed by atoms with E-state index in [1.54, 1.807) is 23.9 Å². The summed E-state index contributed by atoms with van der Waals surface area (Å²) in [7, 11) is 0. The highest BCUT2D eigenvalue weighted by molar-refractivity contribution is 7.13. The molecule has 5 nitrogen and oxygen atoms in total. The van der Waals surface area contributed by atoms with Crippen LogP contribution in [0, 0.1) is 0 Å². The Morgan fingerprint density at radius 2 is 2.08 bits per heavy atom. The Morgan fingerprint density at radius 3 is 2.79 bits per heavy atom. The van der Waals surface area contributed by atoms with Crippen molar-refractivity contribution in [1.82, 2.24) is 14.5 Å². The van der Waals surface area contributed by atoms with Gasteiger partial charge in [-0.1, -0.05) is 0 Å². The second-order valence-electron chi connectivity index (χ2n) is 6.08. The molecule has 0 aromatic carbocycles. The maximum atomic E-state index is 12.5. The summed E-state index contributed by atoms with van der Waals surface area (Å²) in [5, 5.41) is 2.87. The zero-order valence-corrected chi connectivity index (χ0v) is 14.1. The van der Waals surface area contributed by atoms with Crippen LogP contribution in [0.1, 0.15) is 24.6 Å². The van der Waals surface area contributed by atoms with Crippen LogP contribution >= 0.6 is 11.3 Å². The van der Waals surface area contributed by atoms with E-state index in [1.165, 1.54) is 0 Å². The number of aromatic nitrogens is 2. The normalized spacial score (nSPS) is 15.8. The monoisotopic (exact) mass is 341 g/mol. The fourth-order valence-corrected chi connectivity index (χ4v) is 3.98. The van der Waals surface area contributed by atoms with E-state index in [2.05, 4.69) is 34.1 Å². The first kappa shape index (κ1) is 15.2. The third kappa shape index (κ3) is 3.14. The van der Waals surface area contributed by atoms with Crippen LogP contribution in [0.5, 0.6) is 0 Å². The highest BCUT2D eigenvalue weighted by atomic mass is 32.1. The first-order valence-corrected chi connectivity index (χ1v) is 9.05. The minimum Gasteiger partial charge on any atom is -0.472 e. The molecule has 0 atom stereocenters. The minimum absolute atomic E-state index is 0.171. The summed E-state index contributed by atoms with van der Waals surface area (Å²) in [6, 6.07) is 6.50. The first-order chi connectivity index (χ1) is 11.8.